The van der Waals surface area contributed by atoms with E-state index in [1.807, 2.05) is 0 Å². The van der Waals surface area contributed by atoms with Crippen molar-refractivity contribution in [2.24, 2.45) is 0 Å². The van der Waals surface area contributed by atoms with E-state index in [4.69, 9.17) is 0 Å². The van der Waals surface area contributed by atoms with Gasteiger partial charge in [0.05, 0.1) is 5.56 Å². The third kappa shape index (κ3) is 2.89. The summed E-state index contributed by atoms with van der Waals surface area (Å²) >= 11 is 0. The normalized spacial score (nSPS) is 12.5. The smallest absolute Gasteiger partial charge is 0.244 e. The van der Waals surface area contributed by atoms with E-state index >= 15 is 0 Å². The highest BCUT2D eigenvalue weighted by Gasteiger charge is 2.36. The Hall–Kier alpha value is -2.12. The van der Waals surface area contributed by atoms with Gasteiger partial charge in [0.1, 0.15) is 6.33 Å². The Morgan fingerprint density at radius 1 is 0.900 bits per heavy atom. The predicted molar refractivity (Wildman–Crippen MR) is 57.5 cm³/mol. The fourth-order valence-corrected chi connectivity index (χ4v) is 1.63. The molecule has 1 aromatic heterocycles. The van der Waals surface area contributed by atoms with Crippen molar-refractivity contribution in [1.29, 1.82) is 0 Å². The van der Waals surface area contributed by atoms with E-state index in [0.29, 0.717) is 12.4 Å². The lowest BCUT2D eigenvalue weighted by Crippen LogP contribution is -2.11. The predicted octanol–water partition coefficient (Wildman–Crippen LogP) is 4.18. The number of hydrogen-bond donors (Lipinski definition) is 0. The molecule has 0 aliphatic carbocycles. The van der Waals surface area contributed by atoms with Gasteiger partial charge in [-0.05, 0) is 17.7 Å². The molecular formula is C12H6F6N2. The van der Waals surface area contributed by atoms with Gasteiger partial charge in [0.15, 0.2) is 5.69 Å². The standard InChI is InChI=1S/C12H6F6N2/c13-11(14,15)8-3-1-2-7(4-8)9-5-19-6-20-10(9)12(16,17)18/h1-6H. The van der Waals surface area contributed by atoms with Crippen LogP contribution in [0, 0.1) is 0 Å². The van der Waals surface area contributed by atoms with Crippen LogP contribution in [0.5, 0.6) is 0 Å². The summed E-state index contributed by atoms with van der Waals surface area (Å²) in [5.41, 5.74) is -3.04. The average molecular weight is 292 g/mol. The molecule has 106 valence electrons. The molecule has 0 atom stereocenters. The van der Waals surface area contributed by atoms with Crippen LogP contribution in [0.1, 0.15) is 11.3 Å². The summed E-state index contributed by atoms with van der Waals surface area (Å²) in [7, 11) is 0. The number of aromatic nitrogens is 2. The van der Waals surface area contributed by atoms with Crippen LogP contribution in [0.2, 0.25) is 0 Å². The first kappa shape index (κ1) is 14.3. The molecule has 0 fully saturated rings. The van der Waals surface area contributed by atoms with E-state index in [-0.39, 0.29) is 5.56 Å². The van der Waals surface area contributed by atoms with E-state index in [1.165, 1.54) is 0 Å². The van der Waals surface area contributed by atoms with Crippen molar-refractivity contribution < 1.29 is 26.3 Å². The van der Waals surface area contributed by atoms with Gasteiger partial charge in [0.25, 0.3) is 0 Å². The second-order valence-corrected chi connectivity index (χ2v) is 3.86. The SMILES string of the molecule is FC(F)(F)c1cccc(-c2cncnc2C(F)(F)F)c1. The van der Waals surface area contributed by atoms with Gasteiger partial charge in [-0.15, -0.1) is 0 Å². The summed E-state index contributed by atoms with van der Waals surface area (Å²) in [6, 6.07) is 3.59. The summed E-state index contributed by atoms with van der Waals surface area (Å²) in [4.78, 5) is 6.54. The molecular weight excluding hydrogens is 286 g/mol. The van der Waals surface area contributed by atoms with Crippen LogP contribution in [-0.2, 0) is 12.4 Å². The van der Waals surface area contributed by atoms with Gasteiger partial charge in [-0.3, -0.25) is 0 Å². The minimum Gasteiger partial charge on any atom is -0.244 e. The number of rotatable bonds is 1. The topological polar surface area (TPSA) is 25.8 Å². The first-order valence-corrected chi connectivity index (χ1v) is 5.24. The van der Waals surface area contributed by atoms with Gasteiger partial charge < -0.3 is 0 Å². The number of benzene rings is 1. The van der Waals surface area contributed by atoms with Gasteiger partial charge in [-0.2, -0.15) is 26.3 Å². The third-order valence-corrected chi connectivity index (χ3v) is 2.48. The number of hydrogen-bond acceptors (Lipinski definition) is 2. The van der Waals surface area contributed by atoms with Crippen molar-refractivity contribution >= 4 is 0 Å². The first-order chi connectivity index (χ1) is 9.19. The highest BCUT2D eigenvalue weighted by atomic mass is 19.4. The molecule has 2 aromatic rings. The van der Waals surface area contributed by atoms with Crippen molar-refractivity contribution in [1.82, 2.24) is 9.97 Å². The van der Waals surface area contributed by atoms with Crippen LogP contribution in [0.25, 0.3) is 11.1 Å². The van der Waals surface area contributed by atoms with Crippen LogP contribution < -0.4 is 0 Å². The van der Waals surface area contributed by atoms with Crippen molar-refractivity contribution in [2.75, 3.05) is 0 Å². The minimum absolute atomic E-state index is 0.243. The fraction of sp³-hybridized carbons (Fsp3) is 0.167. The lowest BCUT2D eigenvalue weighted by atomic mass is 10.0. The summed E-state index contributed by atoms with van der Waals surface area (Å²) in [5.74, 6) is 0. The maximum Gasteiger partial charge on any atom is 0.434 e. The highest BCUT2D eigenvalue weighted by Crippen LogP contribution is 2.37. The molecule has 8 heteroatoms. The Labute approximate surface area is 109 Å². The molecule has 0 saturated carbocycles. The Morgan fingerprint density at radius 3 is 2.20 bits per heavy atom. The number of alkyl halides is 6. The molecule has 0 spiro atoms. The van der Waals surface area contributed by atoms with Crippen molar-refractivity contribution in [2.45, 2.75) is 12.4 Å². The molecule has 1 heterocycles. The molecule has 0 radical (unpaired) electrons. The van der Waals surface area contributed by atoms with E-state index in [0.717, 1.165) is 24.4 Å². The van der Waals surface area contributed by atoms with Crippen LogP contribution in [0.15, 0.2) is 36.8 Å². The van der Waals surface area contributed by atoms with Crippen molar-refractivity contribution in [3.05, 3.63) is 48.0 Å². The van der Waals surface area contributed by atoms with E-state index < -0.39 is 29.2 Å². The molecule has 0 N–H and O–H groups in total. The lowest BCUT2D eigenvalue weighted by Gasteiger charge is -2.12. The summed E-state index contributed by atoms with van der Waals surface area (Å²) in [6.45, 7) is 0. The van der Waals surface area contributed by atoms with Crippen LogP contribution in [0.4, 0.5) is 26.3 Å². The number of nitrogens with zero attached hydrogens (tertiary/aromatic N) is 2. The average Bonchev–Trinajstić information content (AvgIpc) is 2.37. The summed E-state index contributed by atoms with van der Waals surface area (Å²) < 4.78 is 76.0. The molecule has 0 aliphatic rings. The third-order valence-electron chi connectivity index (χ3n) is 2.48. The molecule has 20 heavy (non-hydrogen) atoms. The van der Waals surface area contributed by atoms with Gasteiger partial charge in [-0.1, -0.05) is 12.1 Å². The van der Waals surface area contributed by atoms with Crippen LogP contribution in [-0.4, -0.2) is 9.97 Å². The lowest BCUT2D eigenvalue weighted by molar-refractivity contribution is -0.140. The number of halogens is 6. The summed E-state index contributed by atoms with van der Waals surface area (Å²) in [5, 5.41) is 0. The minimum atomic E-state index is -4.77. The van der Waals surface area contributed by atoms with Crippen LogP contribution >= 0.6 is 0 Å². The Kier molecular flexibility index (Phi) is 3.41. The maximum absolute atomic E-state index is 12.8. The van der Waals surface area contributed by atoms with E-state index in [2.05, 4.69) is 9.97 Å². The van der Waals surface area contributed by atoms with Gasteiger partial charge >= 0.3 is 12.4 Å². The van der Waals surface area contributed by atoms with Gasteiger partial charge in [-0.25, -0.2) is 9.97 Å². The molecule has 2 rings (SSSR count). The second-order valence-electron chi connectivity index (χ2n) is 3.86. The molecule has 0 bridgehead atoms. The highest BCUT2D eigenvalue weighted by molar-refractivity contribution is 5.66. The van der Waals surface area contributed by atoms with E-state index in [1.54, 1.807) is 0 Å². The van der Waals surface area contributed by atoms with E-state index in [9.17, 15) is 26.3 Å². The molecule has 1 aromatic carbocycles. The van der Waals surface area contributed by atoms with Crippen LogP contribution in [0.3, 0.4) is 0 Å². The zero-order valence-electron chi connectivity index (χ0n) is 9.63. The van der Waals surface area contributed by atoms with Crippen molar-refractivity contribution in [3.8, 4) is 11.1 Å². The molecule has 0 amide bonds. The summed E-state index contributed by atoms with van der Waals surface area (Å²) in [6.07, 6.45) is -7.87. The fourth-order valence-electron chi connectivity index (χ4n) is 1.63. The van der Waals surface area contributed by atoms with Crippen molar-refractivity contribution in [3.63, 3.8) is 0 Å². The maximum atomic E-state index is 12.8. The Morgan fingerprint density at radius 2 is 1.60 bits per heavy atom. The largest absolute Gasteiger partial charge is 0.434 e. The second kappa shape index (κ2) is 4.77. The van der Waals surface area contributed by atoms with Gasteiger partial charge in [0.2, 0.25) is 0 Å². The zero-order chi connectivity index (χ0) is 15.0. The monoisotopic (exact) mass is 292 g/mol. The molecule has 0 unspecified atom stereocenters. The molecule has 0 aliphatic heterocycles. The molecule has 2 nitrogen and oxygen atoms in total. The Bertz CT molecular complexity index is 618. The Balaban J connectivity index is 2.59. The quantitative estimate of drug-likeness (QED) is 0.737. The van der Waals surface area contributed by atoms with Gasteiger partial charge in [0, 0.05) is 11.8 Å². The zero-order valence-corrected chi connectivity index (χ0v) is 9.63. The molecule has 0 saturated heterocycles. The first-order valence-electron chi connectivity index (χ1n) is 5.24.